The molecule has 0 fully saturated rings. The van der Waals surface area contributed by atoms with Gasteiger partial charge in [-0.05, 0) is 22.0 Å². The summed E-state index contributed by atoms with van der Waals surface area (Å²) < 4.78 is 1.58. The van der Waals surface area contributed by atoms with Crippen molar-refractivity contribution in [2.45, 2.75) is 6.42 Å². The Hall–Kier alpha value is 0.140. The van der Waals surface area contributed by atoms with Crippen LogP contribution in [0.15, 0.2) is 10.5 Å². The number of carbonyl (C=O) groups is 1. The van der Waals surface area contributed by atoms with E-state index in [1.165, 1.54) is 11.3 Å². The maximum atomic E-state index is 10.0. The van der Waals surface area contributed by atoms with Crippen molar-refractivity contribution in [1.82, 2.24) is 0 Å². The Morgan fingerprint density at radius 3 is 2.90 bits per heavy atom. The highest BCUT2D eigenvalue weighted by atomic mass is 79.9. The number of rotatable bonds is 2. The van der Waals surface area contributed by atoms with Crippen LogP contribution in [0.3, 0.4) is 0 Å². The molecule has 1 aromatic rings. The molecule has 1 aromatic heterocycles. The fourth-order valence-electron chi connectivity index (χ4n) is 0.574. The third kappa shape index (κ3) is 1.81. The fourth-order valence-corrected chi connectivity index (χ4v) is 2.31. The topological polar surface area (TPSA) is 17.1 Å². The maximum Gasteiger partial charge on any atom is 0.125 e. The highest BCUT2D eigenvalue weighted by molar-refractivity contribution is 9.10. The first-order valence-electron chi connectivity index (χ1n) is 2.61. The molecule has 0 aromatic carbocycles. The first kappa shape index (κ1) is 8.24. The Bertz CT molecular complexity index is 226. The van der Waals surface area contributed by atoms with Crippen LogP contribution in [0.4, 0.5) is 0 Å². The fraction of sp³-hybridized carbons (Fsp3) is 0.167. The molecule has 1 rings (SSSR count). The van der Waals surface area contributed by atoms with Gasteiger partial charge in [-0.3, -0.25) is 0 Å². The van der Waals surface area contributed by atoms with Crippen LogP contribution < -0.4 is 0 Å². The second-order valence-electron chi connectivity index (χ2n) is 1.71. The predicted molar refractivity (Wildman–Crippen MR) is 46.8 cm³/mol. The van der Waals surface area contributed by atoms with E-state index in [0.717, 1.165) is 15.6 Å². The van der Waals surface area contributed by atoms with Crippen molar-refractivity contribution in [2.75, 3.05) is 0 Å². The summed E-state index contributed by atoms with van der Waals surface area (Å²) in [5, 5.41) is 0. The summed E-state index contributed by atoms with van der Waals surface area (Å²) in [7, 11) is 0. The number of carbonyl (C=O) groups excluding carboxylic acids is 1. The molecule has 0 saturated heterocycles. The quantitative estimate of drug-likeness (QED) is 0.725. The first-order chi connectivity index (χ1) is 4.74. The van der Waals surface area contributed by atoms with E-state index in [1.54, 1.807) is 0 Å². The summed E-state index contributed by atoms with van der Waals surface area (Å²) in [5.74, 6) is 0. The van der Waals surface area contributed by atoms with Crippen molar-refractivity contribution >= 4 is 45.2 Å². The molecule has 0 saturated carbocycles. The van der Waals surface area contributed by atoms with Gasteiger partial charge in [0, 0.05) is 15.8 Å². The van der Waals surface area contributed by atoms with Gasteiger partial charge in [-0.1, -0.05) is 11.6 Å². The van der Waals surface area contributed by atoms with Gasteiger partial charge < -0.3 is 4.79 Å². The van der Waals surface area contributed by atoms with E-state index in [9.17, 15) is 4.79 Å². The molecule has 0 aliphatic carbocycles. The van der Waals surface area contributed by atoms with Gasteiger partial charge >= 0.3 is 0 Å². The van der Waals surface area contributed by atoms with E-state index >= 15 is 0 Å². The van der Waals surface area contributed by atoms with Crippen molar-refractivity contribution < 1.29 is 4.79 Å². The smallest absolute Gasteiger partial charge is 0.125 e. The van der Waals surface area contributed by atoms with Gasteiger partial charge in [0.2, 0.25) is 0 Å². The van der Waals surface area contributed by atoms with Crippen molar-refractivity contribution in [2.24, 2.45) is 0 Å². The number of halogens is 2. The van der Waals surface area contributed by atoms with Crippen molar-refractivity contribution in [3.05, 3.63) is 19.8 Å². The average Bonchev–Trinajstić information content (AvgIpc) is 2.14. The summed E-state index contributed by atoms with van der Waals surface area (Å²) in [6.07, 6.45) is 1.32. The van der Waals surface area contributed by atoms with E-state index in [4.69, 9.17) is 11.6 Å². The lowest BCUT2D eigenvalue weighted by Gasteiger charge is -1.79. The third-order valence-electron chi connectivity index (χ3n) is 0.981. The van der Waals surface area contributed by atoms with E-state index in [1.807, 2.05) is 6.07 Å². The minimum atomic E-state index is 0.454. The zero-order valence-corrected chi connectivity index (χ0v) is 8.09. The summed E-state index contributed by atoms with van der Waals surface area (Å²) in [6, 6.07) is 1.86. The Kier molecular flexibility index (Phi) is 2.89. The second kappa shape index (κ2) is 3.51. The standard InChI is InChI=1S/C6H4BrClOS/c7-5-3-4(1-2-9)10-6(5)8/h2-3H,1H2. The molecule has 0 N–H and O–H groups in total. The van der Waals surface area contributed by atoms with Crippen LogP contribution in [-0.2, 0) is 11.2 Å². The average molecular weight is 240 g/mol. The maximum absolute atomic E-state index is 10.0. The Morgan fingerprint density at radius 1 is 1.80 bits per heavy atom. The van der Waals surface area contributed by atoms with Crippen LogP contribution in [0.25, 0.3) is 0 Å². The molecule has 1 nitrogen and oxygen atoms in total. The molecule has 1 heterocycles. The molecule has 0 atom stereocenters. The van der Waals surface area contributed by atoms with E-state index < -0.39 is 0 Å². The largest absolute Gasteiger partial charge is 0.303 e. The van der Waals surface area contributed by atoms with Crippen LogP contribution in [0.2, 0.25) is 4.34 Å². The van der Waals surface area contributed by atoms with E-state index in [2.05, 4.69) is 15.9 Å². The molecule has 0 aliphatic heterocycles. The van der Waals surface area contributed by atoms with Crippen LogP contribution in [-0.4, -0.2) is 6.29 Å². The molecule has 0 radical (unpaired) electrons. The number of hydrogen-bond donors (Lipinski definition) is 0. The summed E-state index contributed by atoms with van der Waals surface area (Å²) >= 11 is 10.4. The highest BCUT2D eigenvalue weighted by Gasteiger charge is 2.02. The molecular formula is C6H4BrClOS. The molecule has 54 valence electrons. The van der Waals surface area contributed by atoms with Crippen molar-refractivity contribution in [3.63, 3.8) is 0 Å². The first-order valence-corrected chi connectivity index (χ1v) is 4.60. The third-order valence-corrected chi connectivity index (χ3v) is 3.48. The molecule has 0 amide bonds. The summed E-state index contributed by atoms with van der Waals surface area (Å²) in [6.45, 7) is 0. The Labute approximate surface area is 76.1 Å². The molecular weight excluding hydrogens is 235 g/mol. The van der Waals surface area contributed by atoms with Gasteiger partial charge in [-0.25, -0.2) is 0 Å². The molecule has 0 spiro atoms. The molecule has 10 heavy (non-hydrogen) atoms. The molecule has 0 aliphatic rings. The minimum absolute atomic E-state index is 0.454. The van der Waals surface area contributed by atoms with Gasteiger partial charge in [-0.2, -0.15) is 0 Å². The molecule has 0 bridgehead atoms. The number of aldehydes is 1. The summed E-state index contributed by atoms with van der Waals surface area (Å²) in [5.41, 5.74) is 0. The Balaban J connectivity index is 2.86. The lowest BCUT2D eigenvalue weighted by atomic mass is 10.4. The van der Waals surface area contributed by atoms with Gasteiger partial charge in [0.05, 0.1) is 0 Å². The van der Waals surface area contributed by atoms with Gasteiger partial charge in [0.15, 0.2) is 0 Å². The Morgan fingerprint density at radius 2 is 2.50 bits per heavy atom. The SMILES string of the molecule is O=CCc1cc(Br)c(Cl)s1. The van der Waals surface area contributed by atoms with Crippen LogP contribution in [0.5, 0.6) is 0 Å². The molecule has 0 unspecified atom stereocenters. The lowest BCUT2D eigenvalue weighted by molar-refractivity contribution is -0.107. The zero-order valence-electron chi connectivity index (χ0n) is 4.93. The molecule has 4 heteroatoms. The zero-order chi connectivity index (χ0) is 7.56. The second-order valence-corrected chi connectivity index (χ2v) is 4.30. The highest BCUT2D eigenvalue weighted by Crippen LogP contribution is 2.31. The van der Waals surface area contributed by atoms with Gasteiger partial charge in [0.1, 0.15) is 10.6 Å². The normalized spacial score (nSPS) is 9.80. The van der Waals surface area contributed by atoms with Crippen LogP contribution in [0.1, 0.15) is 4.88 Å². The van der Waals surface area contributed by atoms with E-state index in [-0.39, 0.29) is 0 Å². The van der Waals surface area contributed by atoms with Crippen LogP contribution >= 0.6 is 38.9 Å². The monoisotopic (exact) mass is 238 g/mol. The minimum Gasteiger partial charge on any atom is -0.303 e. The summed E-state index contributed by atoms with van der Waals surface area (Å²) in [4.78, 5) is 11.0. The van der Waals surface area contributed by atoms with Crippen LogP contribution in [0, 0.1) is 0 Å². The van der Waals surface area contributed by atoms with E-state index in [0.29, 0.717) is 10.8 Å². The van der Waals surface area contributed by atoms with Crippen molar-refractivity contribution in [1.29, 1.82) is 0 Å². The number of thiophene rings is 1. The lowest BCUT2D eigenvalue weighted by Crippen LogP contribution is -1.76. The van der Waals surface area contributed by atoms with Crippen molar-refractivity contribution in [3.8, 4) is 0 Å². The van der Waals surface area contributed by atoms with Gasteiger partial charge in [-0.15, -0.1) is 11.3 Å². The van der Waals surface area contributed by atoms with Gasteiger partial charge in [0.25, 0.3) is 0 Å². The number of hydrogen-bond acceptors (Lipinski definition) is 2. The predicted octanol–water partition coefficient (Wildman–Crippen LogP) is 2.91.